The predicted octanol–water partition coefficient (Wildman–Crippen LogP) is 4.09. The number of hydrogen-bond acceptors (Lipinski definition) is 8. The van der Waals surface area contributed by atoms with Gasteiger partial charge < -0.3 is 24.6 Å². The van der Waals surface area contributed by atoms with E-state index in [0.29, 0.717) is 52.8 Å². The van der Waals surface area contributed by atoms with E-state index in [9.17, 15) is 19.7 Å². The minimum absolute atomic E-state index is 0.0672. The molecule has 39 heavy (non-hydrogen) atoms. The van der Waals surface area contributed by atoms with E-state index in [-0.39, 0.29) is 24.3 Å². The highest BCUT2D eigenvalue weighted by atomic mass is 16.7. The number of carbonyl (C=O) groups is 2. The van der Waals surface area contributed by atoms with Crippen molar-refractivity contribution in [3.8, 4) is 11.5 Å². The van der Waals surface area contributed by atoms with Crippen molar-refractivity contribution in [3.63, 3.8) is 0 Å². The number of carbonyl (C=O) groups excluding carboxylic acids is 2. The van der Waals surface area contributed by atoms with E-state index < -0.39 is 10.8 Å². The molecule has 0 bridgehead atoms. The van der Waals surface area contributed by atoms with Crippen molar-refractivity contribution in [2.75, 3.05) is 44.2 Å². The summed E-state index contributed by atoms with van der Waals surface area (Å²) in [5.41, 5.74) is 3.25. The lowest BCUT2D eigenvalue weighted by Crippen LogP contribution is -2.35. The summed E-state index contributed by atoms with van der Waals surface area (Å²) >= 11 is 0. The van der Waals surface area contributed by atoms with Crippen LogP contribution in [-0.4, -0.2) is 61.3 Å². The van der Waals surface area contributed by atoms with Crippen LogP contribution < -0.4 is 19.7 Å². The second-order valence-corrected chi connectivity index (χ2v) is 9.51. The van der Waals surface area contributed by atoms with Crippen LogP contribution in [-0.2, 0) is 9.59 Å². The maximum atomic E-state index is 13.2. The molecule has 0 fully saturated rings. The fourth-order valence-corrected chi connectivity index (χ4v) is 4.60. The molecule has 0 spiro atoms. The van der Waals surface area contributed by atoms with E-state index in [1.165, 1.54) is 19.1 Å². The molecule has 2 amide bonds. The minimum Gasteiger partial charge on any atom is -0.454 e. The van der Waals surface area contributed by atoms with Gasteiger partial charge in [-0.3, -0.25) is 24.7 Å². The first kappa shape index (κ1) is 25.9. The third kappa shape index (κ3) is 5.30. The van der Waals surface area contributed by atoms with Gasteiger partial charge in [0.2, 0.25) is 18.6 Å². The molecule has 2 heterocycles. The molecule has 3 aromatic rings. The van der Waals surface area contributed by atoms with Crippen LogP contribution in [0.3, 0.4) is 0 Å². The first-order chi connectivity index (χ1) is 18.7. The van der Waals surface area contributed by atoms with Crippen molar-refractivity contribution in [2.24, 2.45) is 4.99 Å². The molecule has 0 aromatic heterocycles. The summed E-state index contributed by atoms with van der Waals surface area (Å²) in [6, 6.07) is 16.9. The average molecular weight is 530 g/mol. The second-order valence-electron chi connectivity index (χ2n) is 9.51. The molecule has 3 aromatic carbocycles. The molecule has 200 valence electrons. The van der Waals surface area contributed by atoms with Gasteiger partial charge >= 0.3 is 0 Å². The number of nitro groups is 1. The van der Waals surface area contributed by atoms with Crippen molar-refractivity contribution in [2.45, 2.75) is 12.8 Å². The summed E-state index contributed by atoms with van der Waals surface area (Å²) < 4.78 is 11.0. The minimum atomic E-state index is -0.810. The Labute approximate surface area is 224 Å². The van der Waals surface area contributed by atoms with E-state index >= 15 is 0 Å². The highest BCUT2D eigenvalue weighted by Crippen LogP contribution is 2.40. The van der Waals surface area contributed by atoms with Gasteiger partial charge in [0, 0.05) is 43.4 Å². The number of nitrogens with one attached hydrogen (secondary N) is 1. The smallest absolute Gasteiger partial charge is 0.271 e. The van der Waals surface area contributed by atoms with Crippen molar-refractivity contribution in [1.82, 2.24) is 4.90 Å². The molecule has 1 unspecified atom stereocenters. The normalized spacial score (nSPS) is 15.7. The molecule has 11 heteroatoms. The molecule has 5 rings (SSSR count). The average Bonchev–Trinajstić information content (AvgIpc) is 3.50. The third-order valence-electron chi connectivity index (χ3n) is 6.58. The number of fused-ring (bicyclic) bond motifs is 2. The summed E-state index contributed by atoms with van der Waals surface area (Å²) in [7, 11) is 3.90. The molecule has 0 saturated carbocycles. The Bertz CT molecular complexity index is 1480. The van der Waals surface area contributed by atoms with Gasteiger partial charge in [-0.05, 0) is 68.2 Å². The van der Waals surface area contributed by atoms with Gasteiger partial charge in [0.1, 0.15) is 5.92 Å². The molecular formula is C28H27N5O6. The second kappa shape index (κ2) is 10.5. The Morgan fingerprint density at radius 2 is 1.79 bits per heavy atom. The fourth-order valence-electron chi connectivity index (χ4n) is 4.60. The summed E-state index contributed by atoms with van der Waals surface area (Å²) in [5, 5.41) is 14.0. The van der Waals surface area contributed by atoms with Crippen molar-refractivity contribution < 1.29 is 24.0 Å². The number of likely N-dealkylation sites (N-methyl/N-ethyl adjacent to an activating group) is 1. The van der Waals surface area contributed by atoms with Crippen molar-refractivity contribution in [3.05, 3.63) is 81.9 Å². The first-order valence-corrected chi connectivity index (χ1v) is 12.3. The van der Waals surface area contributed by atoms with Crippen LogP contribution in [0.4, 0.5) is 22.7 Å². The molecular weight excluding hydrogens is 502 g/mol. The highest BCUT2D eigenvalue weighted by molar-refractivity contribution is 6.24. The molecule has 0 aliphatic carbocycles. The number of benzene rings is 3. The molecule has 11 nitrogen and oxygen atoms in total. The van der Waals surface area contributed by atoms with E-state index in [2.05, 4.69) is 5.32 Å². The molecule has 2 aliphatic heterocycles. The number of aliphatic imine (C=N–C) groups is 1. The Kier molecular flexibility index (Phi) is 6.99. The molecule has 2 aliphatic rings. The number of nitro benzene ring substituents is 1. The third-order valence-corrected chi connectivity index (χ3v) is 6.58. The van der Waals surface area contributed by atoms with E-state index in [1.54, 1.807) is 41.3 Å². The lowest BCUT2D eigenvalue weighted by Gasteiger charge is -2.23. The van der Waals surface area contributed by atoms with Crippen LogP contribution in [0.15, 0.2) is 65.7 Å². The lowest BCUT2D eigenvalue weighted by atomic mass is 9.90. The zero-order valence-corrected chi connectivity index (χ0v) is 21.7. The number of non-ortho nitro benzene ring substituents is 1. The summed E-state index contributed by atoms with van der Waals surface area (Å²) in [4.78, 5) is 44.8. The Morgan fingerprint density at radius 3 is 2.49 bits per heavy atom. The quantitative estimate of drug-likeness (QED) is 0.264. The summed E-state index contributed by atoms with van der Waals surface area (Å²) in [6.45, 7) is 2.88. The standard InChI is InChI=1S/C28H27N5O6/c1-17(34)32(13-12-31(2)3)20-7-5-19(6-8-20)29-27(18-4-11-24-25(14-18)39-16-38-24)26-22-10-9-21(33(36)37)15-23(22)30-28(26)35/h4-11,14-15,26H,12-13,16H2,1-3H3,(H,30,35). The number of rotatable bonds is 8. The van der Waals surface area contributed by atoms with Crippen LogP contribution in [0.2, 0.25) is 0 Å². The SMILES string of the molecule is CC(=O)N(CCN(C)C)c1ccc(N=C(c2ccc3c(c2)OCO3)C2C(=O)Nc3cc([N+](=O)[O-])ccc32)cc1. The molecule has 0 saturated heterocycles. The number of ether oxygens (including phenoxy) is 2. The molecule has 1 N–H and O–H groups in total. The number of nitrogens with zero attached hydrogens (tertiary/aromatic N) is 4. The van der Waals surface area contributed by atoms with Crippen LogP contribution in [0.5, 0.6) is 11.5 Å². The van der Waals surface area contributed by atoms with Gasteiger partial charge in [-0.1, -0.05) is 0 Å². The Morgan fingerprint density at radius 1 is 1.05 bits per heavy atom. The highest BCUT2D eigenvalue weighted by Gasteiger charge is 2.37. The lowest BCUT2D eigenvalue weighted by molar-refractivity contribution is -0.384. The monoisotopic (exact) mass is 529 g/mol. The zero-order valence-electron chi connectivity index (χ0n) is 21.7. The maximum absolute atomic E-state index is 13.2. The van der Waals surface area contributed by atoms with Gasteiger partial charge in [0.05, 0.1) is 22.0 Å². The van der Waals surface area contributed by atoms with E-state index in [0.717, 1.165) is 5.69 Å². The van der Waals surface area contributed by atoms with Crippen LogP contribution in [0, 0.1) is 10.1 Å². The van der Waals surface area contributed by atoms with Gasteiger partial charge in [0.15, 0.2) is 11.5 Å². The summed E-state index contributed by atoms with van der Waals surface area (Å²) in [5.74, 6) is -0.0885. The fraction of sp³-hybridized carbons (Fsp3) is 0.250. The topological polar surface area (TPSA) is 127 Å². The number of hydrogen-bond donors (Lipinski definition) is 1. The Hall–Kier alpha value is -4.77. The summed E-state index contributed by atoms with van der Waals surface area (Å²) in [6.07, 6.45) is 0. The predicted molar refractivity (Wildman–Crippen MR) is 146 cm³/mol. The van der Waals surface area contributed by atoms with Crippen LogP contribution in [0.25, 0.3) is 0 Å². The Balaban J connectivity index is 1.55. The zero-order chi connectivity index (χ0) is 27.7. The van der Waals surface area contributed by atoms with Gasteiger partial charge in [0.25, 0.3) is 5.69 Å². The van der Waals surface area contributed by atoms with Crippen molar-refractivity contribution in [1.29, 1.82) is 0 Å². The largest absolute Gasteiger partial charge is 0.454 e. The van der Waals surface area contributed by atoms with E-state index in [4.69, 9.17) is 14.5 Å². The first-order valence-electron chi connectivity index (χ1n) is 12.3. The van der Waals surface area contributed by atoms with Gasteiger partial charge in [-0.2, -0.15) is 0 Å². The maximum Gasteiger partial charge on any atom is 0.271 e. The van der Waals surface area contributed by atoms with Gasteiger partial charge in [-0.25, -0.2) is 0 Å². The van der Waals surface area contributed by atoms with E-state index in [1.807, 2.05) is 31.1 Å². The number of amides is 2. The van der Waals surface area contributed by atoms with Crippen LogP contribution in [0.1, 0.15) is 24.0 Å². The molecule has 1 atom stereocenters. The van der Waals surface area contributed by atoms with Gasteiger partial charge in [-0.15, -0.1) is 0 Å². The number of anilines is 2. The van der Waals surface area contributed by atoms with Crippen LogP contribution >= 0.6 is 0 Å². The molecule has 0 radical (unpaired) electrons. The van der Waals surface area contributed by atoms with Crippen molar-refractivity contribution >= 4 is 40.3 Å².